The highest BCUT2D eigenvalue weighted by Gasteiger charge is 2.20. The van der Waals surface area contributed by atoms with E-state index in [0.29, 0.717) is 6.10 Å². The minimum Gasteiger partial charge on any atom is -0.378 e. The van der Waals surface area contributed by atoms with Crippen LogP contribution in [0.25, 0.3) is 0 Å². The lowest BCUT2D eigenvalue weighted by Crippen LogP contribution is -2.23. The van der Waals surface area contributed by atoms with Crippen molar-refractivity contribution >= 4 is 0 Å². The summed E-state index contributed by atoms with van der Waals surface area (Å²) in [5, 5.41) is 3.56. The predicted molar refractivity (Wildman–Crippen MR) is 83.5 cm³/mol. The lowest BCUT2D eigenvalue weighted by atomic mass is 10.0. The van der Waals surface area contributed by atoms with Gasteiger partial charge in [0.25, 0.3) is 0 Å². The van der Waals surface area contributed by atoms with Crippen molar-refractivity contribution in [2.75, 3.05) is 13.2 Å². The van der Waals surface area contributed by atoms with Crippen LogP contribution in [0, 0.1) is 13.8 Å². The molecule has 1 unspecified atom stereocenters. The molecule has 0 amide bonds. The van der Waals surface area contributed by atoms with Crippen molar-refractivity contribution in [3.63, 3.8) is 0 Å². The minimum absolute atomic E-state index is 0.319. The van der Waals surface area contributed by atoms with Crippen LogP contribution >= 0.6 is 0 Å². The summed E-state index contributed by atoms with van der Waals surface area (Å²) in [6.45, 7) is 6.17. The minimum atomic E-state index is 0.319. The Morgan fingerprint density at radius 2 is 1.86 bits per heavy atom. The zero-order chi connectivity index (χ0) is 14.7. The van der Waals surface area contributed by atoms with Gasteiger partial charge in [0.05, 0.1) is 6.10 Å². The van der Waals surface area contributed by atoms with Crippen LogP contribution in [0.2, 0.25) is 0 Å². The second-order valence-corrected chi connectivity index (χ2v) is 6.46. The van der Waals surface area contributed by atoms with Gasteiger partial charge in [-0.15, -0.1) is 0 Å². The predicted octanol–water partition coefficient (Wildman–Crippen LogP) is 2.50. The topological polar surface area (TPSA) is 47.0 Å². The highest BCUT2D eigenvalue weighted by molar-refractivity contribution is 5.25. The van der Waals surface area contributed by atoms with Gasteiger partial charge in [-0.2, -0.15) is 0 Å². The Labute approximate surface area is 127 Å². The van der Waals surface area contributed by atoms with Crippen molar-refractivity contribution in [3.8, 4) is 0 Å². The summed E-state index contributed by atoms with van der Waals surface area (Å²) < 4.78 is 5.80. The smallest absolute Gasteiger partial charge is 0.131 e. The monoisotopic (exact) mass is 289 g/mol. The molecule has 4 nitrogen and oxygen atoms in total. The number of aryl methyl sites for hydroxylation is 2. The Kier molecular flexibility index (Phi) is 4.86. The van der Waals surface area contributed by atoms with Gasteiger partial charge in [-0.25, -0.2) is 9.97 Å². The fraction of sp³-hybridized carbons (Fsp3) is 0.765. The number of hydrogen-bond acceptors (Lipinski definition) is 4. The summed E-state index contributed by atoms with van der Waals surface area (Å²) in [5.41, 5.74) is 3.60. The van der Waals surface area contributed by atoms with E-state index in [1.165, 1.54) is 31.2 Å². The maximum atomic E-state index is 5.80. The van der Waals surface area contributed by atoms with Gasteiger partial charge in [-0.3, -0.25) is 0 Å². The molecule has 3 rings (SSSR count). The third-order valence-electron chi connectivity index (χ3n) is 4.54. The fourth-order valence-electron chi connectivity index (χ4n) is 3.12. The van der Waals surface area contributed by atoms with Crippen LogP contribution in [0.3, 0.4) is 0 Å². The molecule has 0 spiro atoms. The van der Waals surface area contributed by atoms with E-state index in [0.717, 1.165) is 55.7 Å². The molecule has 0 aromatic carbocycles. The SMILES string of the molecule is Cc1nc(CC2CCCCO2)nc(C)c1CCNC1CC1. The molecule has 4 heteroatoms. The molecule has 1 aliphatic heterocycles. The van der Waals surface area contributed by atoms with Crippen LogP contribution in [0.4, 0.5) is 0 Å². The van der Waals surface area contributed by atoms with Crippen LogP contribution in [-0.2, 0) is 17.6 Å². The largest absolute Gasteiger partial charge is 0.378 e. The van der Waals surface area contributed by atoms with Crippen molar-refractivity contribution in [2.24, 2.45) is 0 Å². The van der Waals surface area contributed by atoms with Gasteiger partial charge in [0, 0.05) is 30.5 Å². The first kappa shape index (κ1) is 14.9. The third kappa shape index (κ3) is 4.24. The number of aromatic nitrogens is 2. The third-order valence-corrected chi connectivity index (χ3v) is 4.54. The number of ether oxygens (including phenoxy) is 1. The van der Waals surface area contributed by atoms with Crippen LogP contribution in [0.1, 0.15) is 54.9 Å². The summed E-state index contributed by atoms with van der Waals surface area (Å²) in [5.74, 6) is 0.954. The standard InChI is InChI=1S/C17H27N3O/c1-12-16(8-9-18-14-6-7-14)13(2)20-17(19-12)11-15-5-3-4-10-21-15/h14-15,18H,3-11H2,1-2H3. The summed E-state index contributed by atoms with van der Waals surface area (Å²) in [4.78, 5) is 9.45. The highest BCUT2D eigenvalue weighted by atomic mass is 16.5. The van der Waals surface area contributed by atoms with Gasteiger partial charge >= 0.3 is 0 Å². The van der Waals surface area contributed by atoms with Crippen LogP contribution < -0.4 is 5.32 Å². The van der Waals surface area contributed by atoms with E-state index < -0.39 is 0 Å². The molecular weight excluding hydrogens is 262 g/mol. The summed E-state index contributed by atoms with van der Waals surface area (Å²) in [6.07, 6.45) is 8.52. The van der Waals surface area contributed by atoms with Crippen molar-refractivity contribution in [3.05, 3.63) is 22.8 Å². The molecule has 21 heavy (non-hydrogen) atoms. The first-order valence-corrected chi connectivity index (χ1v) is 8.40. The average molecular weight is 289 g/mol. The molecule has 2 heterocycles. The van der Waals surface area contributed by atoms with Crippen molar-refractivity contribution in [1.82, 2.24) is 15.3 Å². The Bertz CT molecular complexity index is 456. The molecule has 1 saturated carbocycles. The van der Waals surface area contributed by atoms with Gasteiger partial charge < -0.3 is 10.1 Å². The van der Waals surface area contributed by atoms with Crippen molar-refractivity contribution in [2.45, 2.75) is 70.9 Å². The molecule has 1 aromatic heterocycles. The van der Waals surface area contributed by atoms with E-state index >= 15 is 0 Å². The summed E-state index contributed by atoms with van der Waals surface area (Å²) >= 11 is 0. The van der Waals surface area contributed by atoms with Gasteiger partial charge in [-0.05, 0) is 64.5 Å². The first-order chi connectivity index (χ1) is 10.2. The average Bonchev–Trinajstić information content (AvgIpc) is 3.27. The van der Waals surface area contributed by atoms with Crippen molar-refractivity contribution < 1.29 is 4.74 Å². The van der Waals surface area contributed by atoms with Crippen molar-refractivity contribution in [1.29, 1.82) is 0 Å². The molecule has 1 saturated heterocycles. The Morgan fingerprint density at radius 1 is 1.10 bits per heavy atom. The van der Waals surface area contributed by atoms with Gasteiger partial charge in [0.15, 0.2) is 0 Å². The zero-order valence-electron chi connectivity index (χ0n) is 13.3. The maximum absolute atomic E-state index is 5.80. The number of nitrogens with one attached hydrogen (secondary N) is 1. The molecule has 2 aliphatic rings. The Hall–Kier alpha value is -1.00. The van der Waals surface area contributed by atoms with E-state index in [1.54, 1.807) is 0 Å². The van der Waals surface area contributed by atoms with Crippen LogP contribution in [0.5, 0.6) is 0 Å². The lowest BCUT2D eigenvalue weighted by Gasteiger charge is -2.22. The van der Waals surface area contributed by atoms with Crippen LogP contribution in [-0.4, -0.2) is 35.3 Å². The first-order valence-electron chi connectivity index (χ1n) is 8.40. The van der Waals surface area contributed by atoms with E-state index in [2.05, 4.69) is 19.2 Å². The molecule has 1 aromatic rings. The Morgan fingerprint density at radius 3 is 2.48 bits per heavy atom. The maximum Gasteiger partial charge on any atom is 0.131 e. The fourth-order valence-corrected chi connectivity index (χ4v) is 3.12. The van der Waals surface area contributed by atoms with Gasteiger partial charge in [0.2, 0.25) is 0 Å². The normalized spacial score (nSPS) is 22.5. The van der Waals surface area contributed by atoms with E-state index in [-0.39, 0.29) is 0 Å². The van der Waals surface area contributed by atoms with E-state index in [4.69, 9.17) is 14.7 Å². The second-order valence-electron chi connectivity index (χ2n) is 6.46. The highest BCUT2D eigenvalue weighted by Crippen LogP contribution is 2.20. The zero-order valence-corrected chi connectivity index (χ0v) is 13.3. The molecule has 1 N–H and O–H groups in total. The summed E-state index contributed by atoms with van der Waals surface area (Å²) in [7, 11) is 0. The second kappa shape index (κ2) is 6.84. The quantitative estimate of drug-likeness (QED) is 0.874. The molecule has 0 radical (unpaired) electrons. The van der Waals surface area contributed by atoms with E-state index in [9.17, 15) is 0 Å². The number of nitrogens with zero attached hydrogens (tertiary/aromatic N) is 2. The molecule has 1 aliphatic carbocycles. The van der Waals surface area contributed by atoms with Crippen LogP contribution in [0.15, 0.2) is 0 Å². The van der Waals surface area contributed by atoms with Gasteiger partial charge in [-0.1, -0.05) is 0 Å². The molecule has 1 atom stereocenters. The molecule has 0 bridgehead atoms. The number of hydrogen-bond donors (Lipinski definition) is 1. The Balaban J connectivity index is 1.60. The lowest BCUT2D eigenvalue weighted by molar-refractivity contribution is 0.0156. The molecule has 116 valence electrons. The molecular formula is C17H27N3O. The number of rotatable bonds is 6. The van der Waals surface area contributed by atoms with E-state index in [1.807, 2.05) is 0 Å². The molecule has 2 fully saturated rings. The summed E-state index contributed by atoms with van der Waals surface area (Å²) in [6, 6.07) is 0.772. The van der Waals surface area contributed by atoms with Gasteiger partial charge in [0.1, 0.15) is 5.82 Å².